The van der Waals surface area contributed by atoms with Crippen LogP contribution in [0.15, 0.2) is 36.4 Å². The maximum Gasteiger partial charge on any atom is 0.129 e. The average molecular weight is 340 g/mol. The monoisotopic (exact) mass is 340 g/mol. The Bertz CT molecular complexity index is 801. The summed E-state index contributed by atoms with van der Waals surface area (Å²) in [5, 5.41) is 8.88. The van der Waals surface area contributed by atoms with E-state index in [0.717, 1.165) is 36.4 Å². The molecule has 2 aromatic carbocycles. The van der Waals surface area contributed by atoms with Crippen molar-refractivity contribution in [1.82, 2.24) is 4.90 Å². The summed E-state index contributed by atoms with van der Waals surface area (Å²) in [6, 6.07) is 12.6. The van der Waals surface area contributed by atoms with Crippen molar-refractivity contribution in [3.05, 3.63) is 58.9 Å². The van der Waals surface area contributed by atoms with Crippen molar-refractivity contribution in [3.8, 4) is 17.6 Å². The number of likely N-dealkylation sites (tertiary alicyclic amines) is 1. The predicted octanol–water partition coefficient (Wildman–Crippen LogP) is 4.05. The Morgan fingerprint density at radius 3 is 2.72 bits per heavy atom. The molecule has 0 radical (unpaired) electrons. The Hall–Kier alpha value is -2.58. The van der Waals surface area contributed by atoms with Gasteiger partial charge in [-0.15, -0.1) is 0 Å². The van der Waals surface area contributed by atoms with Gasteiger partial charge in [0.1, 0.15) is 17.3 Å². The third kappa shape index (κ3) is 3.59. The first kappa shape index (κ1) is 17.2. The molecule has 1 saturated heterocycles. The van der Waals surface area contributed by atoms with Crippen molar-refractivity contribution in [3.63, 3.8) is 0 Å². The number of nitrogens with zero attached hydrogens (tertiary/aromatic N) is 2. The quantitative estimate of drug-likeness (QED) is 0.824. The summed E-state index contributed by atoms with van der Waals surface area (Å²) < 4.78 is 25.1. The second-order valence-corrected chi connectivity index (χ2v) is 6.15. The molecule has 5 heteroatoms. The number of ether oxygens (including phenoxy) is 2. The Morgan fingerprint density at radius 1 is 1.20 bits per heavy atom. The van der Waals surface area contributed by atoms with Crippen molar-refractivity contribution in [2.45, 2.75) is 25.4 Å². The van der Waals surface area contributed by atoms with Gasteiger partial charge in [0.05, 0.1) is 25.9 Å². The van der Waals surface area contributed by atoms with Crippen LogP contribution in [0.2, 0.25) is 0 Å². The second kappa shape index (κ2) is 7.54. The number of methoxy groups -OCH3 is 2. The molecular formula is C20H21FN2O2. The van der Waals surface area contributed by atoms with Gasteiger partial charge in [-0.2, -0.15) is 5.26 Å². The van der Waals surface area contributed by atoms with Gasteiger partial charge in [0, 0.05) is 23.7 Å². The molecule has 1 heterocycles. The normalized spacial score (nSPS) is 17.3. The molecule has 130 valence electrons. The lowest BCUT2D eigenvalue weighted by molar-refractivity contribution is 0.239. The molecule has 0 amide bonds. The molecule has 4 nitrogen and oxygen atoms in total. The van der Waals surface area contributed by atoms with Crippen LogP contribution in [0.5, 0.6) is 11.5 Å². The number of nitriles is 1. The van der Waals surface area contributed by atoms with Gasteiger partial charge in [0.2, 0.25) is 0 Å². The first-order valence-electron chi connectivity index (χ1n) is 8.30. The Morgan fingerprint density at radius 2 is 2.04 bits per heavy atom. The standard InChI is InChI=1S/C20H21FN2O2/c1-24-16-7-8-20(25-2)17(11-16)19-4-3-9-23(19)13-15-6-5-14(12-22)10-18(15)21/h5-8,10-11,19H,3-4,9,13H2,1-2H3. The zero-order valence-corrected chi connectivity index (χ0v) is 14.5. The van der Waals surface area contributed by atoms with Gasteiger partial charge in [0.15, 0.2) is 0 Å². The molecule has 0 bridgehead atoms. The highest BCUT2D eigenvalue weighted by Crippen LogP contribution is 2.39. The summed E-state index contributed by atoms with van der Waals surface area (Å²) in [5.74, 6) is 1.27. The van der Waals surface area contributed by atoms with Crippen LogP contribution in [0.1, 0.15) is 35.6 Å². The average Bonchev–Trinajstić information content (AvgIpc) is 3.10. The van der Waals surface area contributed by atoms with Crippen molar-refractivity contribution in [2.75, 3.05) is 20.8 Å². The number of hydrogen-bond donors (Lipinski definition) is 0. The zero-order valence-electron chi connectivity index (χ0n) is 14.5. The third-order valence-corrected chi connectivity index (χ3v) is 4.72. The largest absolute Gasteiger partial charge is 0.497 e. The predicted molar refractivity (Wildman–Crippen MR) is 93.0 cm³/mol. The molecule has 0 N–H and O–H groups in total. The zero-order chi connectivity index (χ0) is 17.8. The van der Waals surface area contributed by atoms with E-state index in [1.54, 1.807) is 26.4 Å². The molecule has 25 heavy (non-hydrogen) atoms. The fourth-order valence-corrected chi connectivity index (χ4v) is 3.43. The number of benzene rings is 2. The number of halogens is 1. The van der Waals surface area contributed by atoms with Gasteiger partial charge in [-0.1, -0.05) is 6.07 Å². The molecule has 3 rings (SSSR count). The lowest BCUT2D eigenvalue weighted by Crippen LogP contribution is -2.23. The molecule has 1 fully saturated rings. The van der Waals surface area contributed by atoms with Crippen molar-refractivity contribution in [2.24, 2.45) is 0 Å². The highest BCUT2D eigenvalue weighted by molar-refractivity contribution is 5.43. The van der Waals surface area contributed by atoms with Crippen LogP contribution in [0.3, 0.4) is 0 Å². The maximum atomic E-state index is 14.3. The topological polar surface area (TPSA) is 45.5 Å². The molecule has 1 aliphatic heterocycles. The summed E-state index contributed by atoms with van der Waals surface area (Å²) in [5.41, 5.74) is 2.01. The summed E-state index contributed by atoms with van der Waals surface area (Å²) in [6.07, 6.45) is 2.03. The summed E-state index contributed by atoms with van der Waals surface area (Å²) in [6.45, 7) is 1.40. The van der Waals surface area contributed by atoms with Crippen LogP contribution in [-0.4, -0.2) is 25.7 Å². The minimum atomic E-state index is -0.331. The molecule has 0 saturated carbocycles. The summed E-state index contributed by atoms with van der Waals surface area (Å²) in [4.78, 5) is 2.25. The lowest BCUT2D eigenvalue weighted by atomic mass is 10.0. The van der Waals surface area contributed by atoms with Gasteiger partial charge in [-0.3, -0.25) is 4.90 Å². The smallest absolute Gasteiger partial charge is 0.129 e. The second-order valence-electron chi connectivity index (χ2n) is 6.15. The summed E-state index contributed by atoms with van der Waals surface area (Å²) in [7, 11) is 3.30. The SMILES string of the molecule is COc1ccc(OC)c(C2CCCN2Cc2ccc(C#N)cc2F)c1. The Labute approximate surface area is 147 Å². The van der Waals surface area contributed by atoms with Crippen LogP contribution >= 0.6 is 0 Å². The highest BCUT2D eigenvalue weighted by Gasteiger charge is 2.29. The lowest BCUT2D eigenvalue weighted by Gasteiger charge is -2.26. The van der Waals surface area contributed by atoms with Gasteiger partial charge < -0.3 is 9.47 Å². The molecule has 0 aromatic heterocycles. The molecule has 0 spiro atoms. The fraction of sp³-hybridized carbons (Fsp3) is 0.350. The van der Waals surface area contributed by atoms with E-state index in [1.807, 2.05) is 24.3 Å². The fourth-order valence-electron chi connectivity index (χ4n) is 3.43. The van der Waals surface area contributed by atoms with E-state index in [4.69, 9.17) is 14.7 Å². The Balaban J connectivity index is 1.87. The number of hydrogen-bond acceptors (Lipinski definition) is 4. The van der Waals surface area contributed by atoms with E-state index in [9.17, 15) is 4.39 Å². The molecule has 1 unspecified atom stereocenters. The van der Waals surface area contributed by atoms with Gasteiger partial charge >= 0.3 is 0 Å². The molecule has 2 aromatic rings. The van der Waals surface area contributed by atoms with Crippen LogP contribution < -0.4 is 9.47 Å². The van der Waals surface area contributed by atoms with E-state index in [2.05, 4.69) is 4.90 Å². The van der Waals surface area contributed by atoms with Crippen LogP contribution in [-0.2, 0) is 6.54 Å². The first-order chi connectivity index (χ1) is 12.2. The first-order valence-corrected chi connectivity index (χ1v) is 8.30. The van der Waals surface area contributed by atoms with E-state index in [1.165, 1.54) is 6.07 Å². The van der Waals surface area contributed by atoms with Crippen LogP contribution in [0, 0.1) is 17.1 Å². The number of rotatable bonds is 5. The maximum absolute atomic E-state index is 14.3. The Kier molecular flexibility index (Phi) is 5.20. The van der Waals surface area contributed by atoms with Crippen molar-refractivity contribution >= 4 is 0 Å². The summed E-state index contributed by atoms with van der Waals surface area (Å²) >= 11 is 0. The van der Waals surface area contributed by atoms with Gasteiger partial charge in [0.25, 0.3) is 0 Å². The third-order valence-electron chi connectivity index (χ3n) is 4.72. The molecule has 0 aliphatic carbocycles. The molecular weight excluding hydrogens is 319 g/mol. The highest BCUT2D eigenvalue weighted by atomic mass is 19.1. The van der Waals surface area contributed by atoms with Gasteiger partial charge in [-0.25, -0.2) is 4.39 Å². The van der Waals surface area contributed by atoms with Gasteiger partial charge in [-0.05, 0) is 49.7 Å². The van der Waals surface area contributed by atoms with Crippen LogP contribution in [0.25, 0.3) is 0 Å². The minimum Gasteiger partial charge on any atom is -0.497 e. The van der Waals surface area contributed by atoms with Crippen molar-refractivity contribution in [1.29, 1.82) is 5.26 Å². The molecule has 1 aliphatic rings. The van der Waals surface area contributed by atoms with Crippen molar-refractivity contribution < 1.29 is 13.9 Å². The van der Waals surface area contributed by atoms with Crippen LogP contribution in [0.4, 0.5) is 4.39 Å². The molecule has 1 atom stereocenters. The minimum absolute atomic E-state index is 0.153. The van der Waals surface area contributed by atoms with E-state index in [0.29, 0.717) is 17.7 Å². The van der Waals surface area contributed by atoms with E-state index >= 15 is 0 Å². The van der Waals surface area contributed by atoms with E-state index < -0.39 is 0 Å². The van der Waals surface area contributed by atoms with E-state index in [-0.39, 0.29) is 11.9 Å².